The summed E-state index contributed by atoms with van der Waals surface area (Å²) < 4.78 is 0. The molecule has 3 aromatic carbocycles. The van der Waals surface area contributed by atoms with Crippen molar-refractivity contribution in [2.45, 2.75) is 36.7 Å². The third-order valence-corrected chi connectivity index (χ3v) is 8.39. The molecule has 2 heterocycles. The lowest BCUT2D eigenvalue weighted by molar-refractivity contribution is -0.132. The predicted octanol–water partition coefficient (Wildman–Crippen LogP) is 5.41. The molecule has 0 saturated carbocycles. The first-order valence-electron chi connectivity index (χ1n) is 13.4. The van der Waals surface area contributed by atoms with Crippen molar-refractivity contribution in [1.82, 2.24) is 19.8 Å². The van der Waals surface area contributed by atoms with Gasteiger partial charge in [-0.2, -0.15) is 0 Å². The maximum atomic E-state index is 13.3. The molecule has 1 aliphatic heterocycles. The number of aryl methyl sites for hydroxylation is 1. The number of aromatic nitrogens is 2. The molecular weight excluding hydrogens is 504 g/mol. The number of piperazine rings is 1. The molecule has 7 heteroatoms. The molecule has 1 aliphatic rings. The van der Waals surface area contributed by atoms with Crippen LogP contribution in [0.1, 0.15) is 46.2 Å². The fourth-order valence-electron chi connectivity index (χ4n) is 5.19. The van der Waals surface area contributed by atoms with Crippen molar-refractivity contribution in [3.8, 4) is 0 Å². The van der Waals surface area contributed by atoms with Gasteiger partial charge in [-0.05, 0) is 30.5 Å². The Hall–Kier alpha value is -3.68. The third-order valence-electron chi connectivity index (χ3n) is 7.35. The molecule has 4 aromatic rings. The normalized spacial score (nSPS) is 14.9. The predicted molar refractivity (Wildman–Crippen MR) is 157 cm³/mol. The number of thioether (sulfide) groups is 1. The van der Waals surface area contributed by atoms with Crippen molar-refractivity contribution in [3.63, 3.8) is 0 Å². The van der Waals surface area contributed by atoms with Gasteiger partial charge in [0, 0.05) is 42.7 Å². The summed E-state index contributed by atoms with van der Waals surface area (Å²) in [4.78, 5) is 38.1. The molecule has 1 unspecified atom stereocenters. The Morgan fingerprint density at radius 3 is 1.87 bits per heavy atom. The van der Waals surface area contributed by atoms with Gasteiger partial charge in [-0.3, -0.25) is 14.5 Å². The summed E-state index contributed by atoms with van der Waals surface area (Å²) in [5.74, 6) is -0.0286. The monoisotopic (exact) mass is 538 g/mol. The van der Waals surface area contributed by atoms with Crippen molar-refractivity contribution >= 4 is 17.7 Å². The van der Waals surface area contributed by atoms with Crippen molar-refractivity contribution in [2.24, 2.45) is 0 Å². The summed E-state index contributed by atoms with van der Waals surface area (Å²) in [5.41, 5.74) is 4.49. The first-order valence-corrected chi connectivity index (χ1v) is 14.3. The van der Waals surface area contributed by atoms with Gasteiger partial charge >= 0.3 is 0 Å². The van der Waals surface area contributed by atoms with Crippen LogP contribution in [0.2, 0.25) is 0 Å². The number of amides is 1. The van der Waals surface area contributed by atoms with Crippen LogP contribution in [0, 0.1) is 6.92 Å². The average molecular weight is 539 g/mol. The highest BCUT2D eigenvalue weighted by Gasteiger charge is 2.28. The Balaban J connectivity index is 1.23. The number of aromatic amines is 1. The van der Waals surface area contributed by atoms with E-state index >= 15 is 0 Å². The van der Waals surface area contributed by atoms with E-state index in [1.807, 2.05) is 42.2 Å². The molecule has 1 N–H and O–H groups in total. The smallest absolute Gasteiger partial charge is 0.255 e. The number of benzene rings is 3. The van der Waals surface area contributed by atoms with Crippen LogP contribution in [0.15, 0.2) is 101 Å². The topological polar surface area (TPSA) is 69.3 Å². The first-order chi connectivity index (χ1) is 19.0. The van der Waals surface area contributed by atoms with E-state index in [4.69, 9.17) is 0 Å². The summed E-state index contributed by atoms with van der Waals surface area (Å²) >= 11 is 1.51. The highest BCUT2D eigenvalue weighted by atomic mass is 32.2. The molecule has 0 radical (unpaired) electrons. The number of nitrogens with one attached hydrogen (secondary N) is 1. The second kappa shape index (κ2) is 12.5. The highest BCUT2D eigenvalue weighted by Crippen LogP contribution is 2.32. The minimum Gasteiger partial charge on any atom is -0.340 e. The summed E-state index contributed by atoms with van der Waals surface area (Å²) in [7, 11) is 0. The molecule has 1 amide bonds. The lowest BCUT2D eigenvalue weighted by Gasteiger charge is -2.40. The van der Waals surface area contributed by atoms with Crippen LogP contribution in [0.25, 0.3) is 0 Å². The van der Waals surface area contributed by atoms with Crippen LogP contribution in [0.5, 0.6) is 0 Å². The number of rotatable bonds is 8. The summed E-state index contributed by atoms with van der Waals surface area (Å²) in [6.45, 7) is 6.69. The standard InChI is InChI=1S/C32H34N4O2S/c1-23-28(31(38)34-32(33-23)39-24(2)25-12-6-3-7-13-25)22-29(37)35-18-20-36(21-19-35)30(26-14-8-4-9-15-26)27-16-10-5-11-17-27/h3-17,24,30H,18-22H2,1-2H3,(H,33,34,38). The molecule has 6 nitrogen and oxygen atoms in total. The Morgan fingerprint density at radius 2 is 1.36 bits per heavy atom. The number of hydrogen-bond acceptors (Lipinski definition) is 5. The minimum atomic E-state index is -0.231. The minimum absolute atomic E-state index is 0.0286. The zero-order valence-corrected chi connectivity index (χ0v) is 23.2. The van der Waals surface area contributed by atoms with Gasteiger partial charge in [0.15, 0.2) is 5.16 Å². The number of carbonyl (C=O) groups is 1. The van der Waals surface area contributed by atoms with E-state index in [0.717, 1.165) is 13.1 Å². The lowest BCUT2D eigenvalue weighted by Crippen LogP contribution is -2.50. The maximum Gasteiger partial charge on any atom is 0.255 e. The second-order valence-electron chi connectivity index (χ2n) is 9.92. The summed E-state index contributed by atoms with van der Waals surface area (Å²) in [5, 5.41) is 0.722. The van der Waals surface area contributed by atoms with Crippen LogP contribution >= 0.6 is 11.8 Å². The van der Waals surface area contributed by atoms with Crippen LogP contribution in [-0.2, 0) is 11.2 Å². The largest absolute Gasteiger partial charge is 0.340 e. The van der Waals surface area contributed by atoms with Crippen LogP contribution in [0.4, 0.5) is 0 Å². The molecule has 0 bridgehead atoms. The Bertz CT molecular complexity index is 1400. The van der Waals surface area contributed by atoms with Gasteiger partial charge in [0.2, 0.25) is 5.91 Å². The summed E-state index contributed by atoms with van der Waals surface area (Å²) in [6.07, 6.45) is 0.0636. The zero-order valence-electron chi connectivity index (χ0n) is 22.4. The number of carbonyl (C=O) groups excluding carboxylic acids is 1. The van der Waals surface area contributed by atoms with Gasteiger partial charge in [0.05, 0.1) is 12.5 Å². The van der Waals surface area contributed by atoms with Crippen molar-refractivity contribution in [2.75, 3.05) is 26.2 Å². The number of H-pyrrole nitrogens is 1. The quantitative estimate of drug-likeness (QED) is 0.240. The molecule has 1 atom stereocenters. The van der Waals surface area contributed by atoms with Crippen molar-refractivity contribution in [1.29, 1.82) is 0 Å². The molecule has 5 rings (SSSR count). The molecule has 200 valence electrons. The van der Waals surface area contributed by atoms with Crippen LogP contribution in [0.3, 0.4) is 0 Å². The van der Waals surface area contributed by atoms with E-state index in [9.17, 15) is 9.59 Å². The van der Waals surface area contributed by atoms with Crippen LogP contribution < -0.4 is 5.56 Å². The van der Waals surface area contributed by atoms with Gasteiger partial charge in [0.25, 0.3) is 5.56 Å². The maximum absolute atomic E-state index is 13.3. The zero-order chi connectivity index (χ0) is 27.2. The summed E-state index contributed by atoms with van der Waals surface area (Å²) in [6, 6.07) is 31.3. The average Bonchev–Trinajstić information content (AvgIpc) is 2.97. The van der Waals surface area contributed by atoms with Crippen molar-refractivity contribution < 1.29 is 4.79 Å². The number of hydrogen-bond donors (Lipinski definition) is 1. The molecule has 1 fully saturated rings. The SMILES string of the molecule is Cc1nc(SC(C)c2ccccc2)[nH]c(=O)c1CC(=O)N1CCN(C(c2ccccc2)c2ccccc2)CC1. The second-order valence-corrected chi connectivity index (χ2v) is 11.3. The molecule has 1 saturated heterocycles. The molecular formula is C32H34N4O2S. The Labute approximate surface area is 234 Å². The van der Waals surface area contributed by atoms with Crippen LogP contribution in [-0.4, -0.2) is 51.9 Å². The fraction of sp³-hybridized carbons (Fsp3) is 0.281. The Kier molecular flexibility index (Phi) is 8.59. The van der Waals surface area contributed by atoms with Gasteiger partial charge in [0.1, 0.15) is 0 Å². The van der Waals surface area contributed by atoms with Gasteiger partial charge in [-0.25, -0.2) is 4.98 Å². The van der Waals surface area contributed by atoms with E-state index in [-0.39, 0.29) is 29.2 Å². The van der Waals surface area contributed by atoms with Crippen molar-refractivity contribution in [3.05, 3.63) is 129 Å². The molecule has 39 heavy (non-hydrogen) atoms. The highest BCUT2D eigenvalue weighted by molar-refractivity contribution is 7.99. The lowest BCUT2D eigenvalue weighted by atomic mass is 9.96. The number of nitrogens with zero attached hydrogens (tertiary/aromatic N) is 3. The van der Waals surface area contributed by atoms with E-state index in [0.29, 0.717) is 29.5 Å². The van der Waals surface area contributed by atoms with E-state index < -0.39 is 0 Å². The molecule has 1 aromatic heterocycles. The first kappa shape index (κ1) is 26.9. The third kappa shape index (κ3) is 6.49. The molecule has 0 aliphatic carbocycles. The fourth-order valence-corrected chi connectivity index (χ4v) is 6.15. The van der Waals surface area contributed by atoms with Gasteiger partial charge in [-0.1, -0.05) is 103 Å². The van der Waals surface area contributed by atoms with E-state index in [1.165, 1.54) is 28.5 Å². The van der Waals surface area contributed by atoms with Gasteiger partial charge < -0.3 is 9.88 Å². The van der Waals surface area contributed by atoms with E-state index in [1.54, 1.807) is 0 Å². The van der Waals surface area contributed by atoms with E-state index in [2.05, 4.69) is 82.5 Å². The Morgan fingerprint density at radius 1 is 0.846 bits per heavy atom. The van der Waals surface area contributed by atoms with Gasteiger partial charge in [-0.15, -0.1) is 0 Å². The molecule has 0 spiro atoms.